The zero-order chi connectivity index (χ0) is 18.4. The number of hydrogen-bond donors (Lipinski definition) is 0. The second kappa shape index (κ2) is 6.27. The molecule has 132 valence electrons. The van der Waals surface area contributed by atoms with Crippen LogP contribution in [-0.2, 0) is 12.8 Å². The lowest BCUT2D eigenvalue weighted by molar-refractivity contribution is 0.443. The van der Waals surface area contributed by atoms with Crippen LogP contribution in [0.15, 0.2) is 42.5 Å². The summed E-state index contributed by atoms with van der Waals surface area (Å²) in [6, 6.07) is 11.4. The van der Waals surface area contributed by atoms with Crippen molar-refractivity contribution in [2.24, 2.45) is 0 Å². The number of halogens is 4. The van der Waals surface area contributed by atoms with Gasteiger partial charge in [-0.3, -0.25) is 0 Å². The van der Waals surface area contributed by atoms with E-state index in [0.717, 1.165) is 30.0 Å². The first-order valence-corrected chi connectivity index (χ1v) is 8.58. The molecule has 0 aliphatic heterocycles. The van der Waals surface area contributed by atoms with Gasteiger partial charge in [0.25, 0.3) is 0 Å². The van der Waals surface area contributed by atoms with Crippen LogP contribution in [0.2, 0.25) is 0 Å². The summed E-state index contributed by atoms with van der Waals surface area (Å²) >= 11 is 0. The second-order valence-electron chi connectivity index (χ2n) is 6.63. The molecule has 0 fully saturated rings. The lowest BCUT2D eigenvalue weighted by Gasteiger charge is -2.08. The Morgan fingerprint density at radius 1 is 0.769 bits per heavy atom. The van der Waals surface area contributed by atoms with E-state index in [1.54, 1.807) is 24.3 Å². The Bertz CT molecular complexity index is 1020. The van der Waals surface area contributed by atoms with E-state index in [-0.39, 0.29) is 17.8 Å². The topological polar surface area (TPSA) is 0 Å². The molecule has 0 bridgehead atoms. The van der Waals surface area contributed by atoms with Crippen LogP contribution in [0.3, 0.4) is 0 Å². The minimum absolute atomic E-state index is 0.148. The summed E-state index contributed by atoms with van der Waals surface area (Å²) in [5.41, 5.74) is 3.97. The van der Waals surface area contributed by atoms with E-state index in [1.165, 1.54) is 6.07 Å². The van der Waals surface area contributed by atoms with Crippen LogP contribution in [0, 0.1) is 23.3 Å². The largest absolute Gasteiger partial charge is 0.206 e. The molecule has 0 aromatic heterocycles. The predicted molar refractivity (Wildman–Crippen MR) is 93.9 cm³/mol. The Balaban J connectivity index is 1.77. The number of hydrogen-bond acceptors (Lipinski definition) is 0. The fourth-order valence-corrected chi connectivity index (χ4v) is 3.64. The SMILES string of the molecule is CCCc1ccc(-c2ccc3c(c2)Cc2c-3cc(F)c(F)c2F)c(F)c1. The van der Waals surface area contributed by atoms with Crippen molar-refractivity contribution in [3.63, 3.8) is 0 Å². The Morgan fingerprint density at radius 3 is 2.27 bits per heavy atom. The second-order valence-corrected chi connectivity index (χ2v) is 6.63. The van der Waals surface area contributed by atoms with E-state index in [2.05, 4.69) is 0 Å². The molecule has 4 rings (SSSR count). The third kappa shape index (κ3) is 2.61. The highest BCUT2D eigenvalue weighted by molar-refractivity contribution is 5.80. The molecule has 0 amide bonds. The summed E-state index contributed by atoms with van der Waals surface area (Å²) in [6.45, 7) is 2.04. The van der Waals surface area contributed by atoms with Gasteiger partial charge < -0.3 is 0 Å². The van der Waals surface area contributed by atoms with Gasteiger partial charge in [-0.2, -0.15) is 0 Å². The maximum absolute atomic E-state index is 14.5. The normalized spacial score (nSPS) is 12.2. The highest BCUT2D eigenvalue weighted by atomic mass is 19.2. The van der Waals surface area contributed by atoms with E-state index in [0.29, 0.717) is 22.3 Å². The molecule has 3 aromatic carbocycles. The van der Waals surface area contributed by atoms with Gasteiger partial charge in [-0.15, -0.1) is 0 Å². The van der Waals surface area contributed by atoms with Crippen molar-refractivity contribution in [2.75, 3.05) is 0 Å². The Labute approximate surface area is 149 Å². The molecular weight excluding hydrogens is 340 g/mol. The molecule has 1 aliphatic rings. The number of rotatable bonds is 3. The van der Waals surface area contributed by atoms with Crippen molar-refractivity contribution in [2.45, 2.75) is 26.2 Å². The first-order chi connectivity index (χ1) is 12.5. The van der Waals surface area contributed by atoms with Gasteiger partial charge in [0.1, 0.15) is 5.82 Å². The lowest BCUT2D eigenvalue weighted by Crippen LogP contribution is -1.96. The summed E-state index contributed by atoms with van der Waals surface area (Å²) in [5, 5.41) is 0. The van der Waals surface area contributed by atoms with Crippen molar-refractivity contribution >= 4 is 0 Å². The smallest absolute Gasteiger partial charge is 0.194 e. The monoisotopic (exact) mass is 356 g/mol. The molecule has 1 aliphatic carbocycles. The van der Waals surface area contributed by atoms with Gasteiger partial charge in [-0.25, -0.2) is 17.6 Å². The molecular formula is C22H16F4. The summed E-state index contributed by atoms with van der Waals surface area (Å²) in [4.78, 5) is 0. The highest BCUT2D eigenvalue weighted by Crippen LogP contribution is 2.41. The summed E-state index contributed by atoms with van der Waals surface area (Å²) in [6.07, 6.45) is 1.92. The minimum Gasteiger partial charge on any atom is -0.206 e. The van der Waals surface area contributed by atoms with Crippen molar-refractivity contribution in [3.8, 4) is 22.3 Å². The number of fused-ring (bicyclic) bond motifs is 3. The molecule has 0 spiro atoms. The highest BCUT2D eigenvalue weighted by Gasteiger charge is 2.26. The van der Waals surface area contributed by atoms with Gasteiger partial charge in [0.05, 0.1) is 0 Å². The van der Waals surface area contributed by atoms with E-state index in [4.69, 9.17) is 0 Å². The molecule has 0 radical (unpaired) electrons. The maximum atomic E-state index is 14.5. The summed E-state index contributed by atoms with van der Waals surface area (Å²) in [7, 11) is 0. The Morgan fingerprint density at radius 2 is 1.54 bits per heavy atom. The third-order valence-corrected chi connectivity index (χ3v) is 4.91. The molecule has 0 nitrogen and oxygen atoms in total. The van der Waals surface area contributed by atoms with Crippen LogP contribution in [0.5, 0.6) is 0 Å². The summed E-state index contributed by atoms with van der Waals surface area (Å²) < 4.78 is 55.6. The third-order valence-electron chi connectivity index (χ3n) is 4.91. The lowest BCUT2D eigenvalue weighted by atomic mass is 9.97. The van der Waals surface area contributed by atoms with Gasteiger partial charge in [-0.1, -0.05) is 43.7 Å². The number of aryl methyl sites for hydroxylation is 1. The van der Waals surface area contributed by atoms with E-state index in [9.17, 15) is 17.6 Å². The van der Waals surface area contributed by atoms with Gasteiger partial charge in [0.15, 0.2) is 17.5 Å². The van der Waals surface area contributed by atoms with E-state index >= 15 is 0 Å². The molecule has 0 heterocycles. The number of benzene rings is 3. The quantitative estimate of drug-likeness (QED) is 0.293. The van der Waals surface area contributed by atoms with Crippen LogP contribution in [-0.4, -0.2) is 0 Å². The van der Waals surface area contributed by atoms with Crippen LogP contribution >= 0.6 is 0 Å². The van der Waals surface area contributed by atoms with Crippen molar-refractivity contribution < 1.29 is 17.6 Å². The fraction of sp³-hybridized carbons (Fsp3) is 0.182. The zero-order valence-electron chi connectivity index (χ0n) is 14.2. The first-order valence-electron chi connectivity index (χ1n) is 8.58. The van der Waals surface area contributed by atoms with E-state index in [1.807, 2.05) is 13.0 Å². The molecule has 0 saturated carbocycles. The maximum Gasteiger partial charge on any atom is 0.194 e. The molecule has 4 heteroatoms. The molecule has 0 atom stereocenters. The standard InChI is InChI=1S/C22H16F4/c1-2-3-12-4-6-16(19(23)8-12)13-5-7-15-14(9-13)10-18-17(15)11-20(24)22(26)21(18)25/h4-9,11H,2-3,10H2,1H3. The van der Waals surface area contributed by atoms with Crippen LogP contribution in [0.25, 0.3) is 22.3 Å². The van der Waals surface area contributed by atoms with Gasteiger partial charge in [-0.05, 0) is 46.4 Å². The van der Waals surface area contributed by atoms with Crippen molar-refractivity contribution in [1.29, 1.82) is 0 Å². The van der Waals surface area contributed by atoms with Crippen LogP contribution < -0.4 is 0 Å². The van der Waals surface area contributed by atoms with Crippen molar-refractivity contribution in [1.82, 2.24) is 0 Å². The zero-order valence-corrected chi connectivity index (χ0v) is 14.2. The Kier molecular flexibility index (Phi) is 4.06. The van der Waals surface area contributed by atoms with E-state index < -0.39 is 17.5 Å². The van der Waals surface area contributed by atoms with Crippen LogP contribution in [0.4, 0.5) is 17.6 Å². The summed E-state index contributed by atoms with van der Waals surface area (Å²) in [5.74, 6) is -4.10. The van der Waals surface area contributed by atoms with Gasteiger partial charge in [0, 0.05) is 17.5 Å². The molecule has 3 aromatic rings. The van der Waals surface area contributed by atoms with Gasteiger partial charge in [0.2, 0.25) is 0 Å². The fourth-order valence-electron chi connectivity index (χ4n) is 3.64. The van der Waals surface area contributed by atoms with Gasteiger partial charge >= 0.3 is 0 Å². The molecule has 26 heavy (non-hydrogen) atoms. The van der Waals surface area contributed by atoms with Crippen molar-refractivity contribution in [3.05, 3.63) is 82.4 Å². The average Bonchev–Trinajstić information content (AvgIpc) is 2.98. The Hall–Kier alpha value is -2.62. The minimum atomic E-state index is -1.45. The van der Waals surface area contributed by atoms with Crippen LogP contribution in [0.1, 0.15) is 30.0 Å². The average molecular weight is 356 g/mol. The first kappa shape index (κ1) is 16.8. The molecule has 0 N–H and O–H groups in total. The molecule has 0 saturated heterocycles. The predicted octanol–water partition coefficient (Wildman–Crippen LogP) is 6.43. The molecule has 0 unspecified atom stereocenters.